The first-order valence-corrected chi connectivity index (χ1v) is 8.77. The van der Waals surface area contributed by atoms with Gasteiger partial charge in [-0.1, -0.05) is 31.0 Å². The van der Waals surface area contributed by atoms with Gasteiger partial charge >= 0.3 is 0 Å². The Kier molecular flexibility index (Phi) is 4.10. The highest BCUT2D eigenvalue weighted by Gasteiger charge is 2.35. The van der Waals surface area contributed by atoms with Gasteiger partial charge in [-0.15, -0.1) is 0 Å². The van der Waals surface area contributed by atoms with Gasteiger partial charge < -0.3 is 14.8 Å². The van der Waals surface area contributed by atoms with Crippen molar-refractivity contribution in [2.45, 2.75) is 56.6 Å². The van der Waals surface area contributed by atoms with Gasteiger partial charge in [0.2, 0.25) is 5.89 Å². The summed E-state index contributed by atoms with van der Waals surface area (Å²) in [6.45, 7) is 0. The van der Waals surface area contributed by atoms with Gasteiger partial charge in [0.25, 0.3) is 5.91 Å². The van der Waals surface area contributed by atoms with Crippen LogP contribution in [-0.2, 0) is 0 Å². The third kappa shape index (κ3) is 3.08. The van der Waals surface area contributed by atoms with E-state index in [-0.39, 0.29) is 11.9 Å². The Morgan fingerprint density at radius 3 is 2.58 bits per heavy atom. The molecule has 2 unspecified atom stereocenters. The zero-order valence-electron chi connectivity index (χ0n) is 13.6. The summed E-state index contributed by atoms with van der Waals surface area (Å²) in [5.41, 5.74) is 1.25. The lowest BCUT2D eigenvalue weighted by Crippen LogP contribution is -2.45. The molecule has 1 amide bonds. The summed E-state index contributed by atoms with van der Waals surface area (Å²) in [4.78, 5) is 17.2. The van der Waals surface area contributed by atoms with Crippen molar-refractivity contribution in [3.05, 3.63) is 41.8 Å². The molecule has 5 nitrogen and oxygen atoms in total. The highest BCUT2D eigenvalue weighted by molar-refractivity contribution is 5.94. The van der Waals surface area contributed by atoms with Crippen molar-refractivity contribution in [2.75, 3.05) is 0 Å². The molecule has 2 aliphatic rings. The summed E-state index contributed by atoms with van der Waals surface area (Å²) in [5.74, 6) is 1.25. The number of oxazole rings is 1. The van der Waals surface area contributed by atoms with Crippen LogP contribution in [0, 0.1) is 0 Å². The van der Waals surface area contributed by atoms with E-state index in [2.05, 4.69) is 10.3 Å². The number of amides is 1. The van der Waals surface area contributed by atoms with E-state index in [1.807, 2.05) is 30.3 Å². The number of benzene rings is 1. The Morgan fingerprint density at radius 2 is 1.88 bits per heavy atom. The van der Waals surface area contributed by atoms with Gasteiger partial charge in [-0.3, -0.25) is 4.79 Å². The monoisotopic (exact) mass is 326 g/mol. The van der Waals surface area contributed by atoms with Gasteiger partial charge in [-0.2, -0.15) is 0 Å². The molecular formula is C19H22N2O3. The highest BCUT2D eigenvalue weighted by Crippen LogP contribution is 2.43. The van der Waals surface area contributed by atoms with Crippen LogP contribution >= 0.6 is 0 Å². The fourth-order valence-corrected chi connectivity index (χ4v) is 3.34. The average molecular weight is 326 g/mol. The molecule has 2 atom stereocenters. The lowest BCUT2D eigenvalue weighted by Gasteiger charge is -2.28. The molecule has 0 saturated heterocycles. The normalized spacial score (nSPS) is 23.9. The third-order valence-electron chi connectivity index (χ3n) is 4.88. The van der Waals surface area contributed by atoms with Crippen molar-refractivity contribution in [3.63, 3.8) is 0 Å². The standard InChI is InChI=1S/C19H22N2O3/c22-15-9-5-4-8-14(15)20-18(23)16-17(12-10-11-12)24-19(21-16)13-6-2-1-3-7-13/h1-3,6-7,12,14-15,22H,4-5,8-11H2,(H,20,23). The van der Waals surface area contributed by atoms with E-state index >= 15 is 0 Å². The molecule has 1 aromatic carbocycles. The molecule has 1 aromatic heterocycles. The van der Waals surface area contributed by atoms with Gasteiger partial charge in [-0.25, -0.2) is 4.98 Å². The second-order valence-electron chi connectivity index (χ2n) is 6.80. The molecular weight excluding hydrogens is 304 g/mol. The smallest absolute Gasteiger partial charge is 0.273 e. The number of carbonyl (C=O) groups excluding carboxylic acids is 1. The van der Waals surface area contributed by atoms with Crippen LogP contribution in [0.4, 0.5) is 0 Å². The van der Waals surface area contributed by atoms with Crippen LogP contribution in [0.1, 0.15) is 60.7 Å². The first kappa shape index (κ1) is 15.4. The Labute approximate surface area is 141 Å². The molecule has 0 bridgehead atoms. The summed E-state index contributed by atoms with van der Waals surface area (Å²) in [6.07, 6.45) is 5.22. The number of carbonyl (C=O) groups is 1. The minimum Gasteiger partial charge on any atom is -0.440 e. The summed E-state index contributed by atoms with van der Waals surface area (Å²) >= 11 is 0. The largest absolute Gasteiger partial charge is 0.440 e. The molecule has 126 valence electrons. The predicted molar refractivity (Wildman–Crippen MR) is 89.6 cm³/mol. The molecule has 2 aliphatic carbocycles. The van der Waals surface area contributed by atoms with Crippen molar-refractivity contribution in [3.8, 4) is 11.5 Å². The Morgan fingerprint density at radius 1 is 1.12 bits per heavy atom. The minimum absolute atomic E-state index is 0.185. The quantitative estimate of drug-likeness (QED) is 0.904. The first-order chi connectivity index (χ1) is 11.7. The molecule has 0 radical (unpaired) electrons. The predicted octanol–water partition coefficient (Wildman–Crippen LogP) is 3.25. The van der Waals surface area contributed by atoms with E-state index in [1.54, 1.807) is 0 Å². The number of rotatable bonds is 4. The summed E-state index contributed by atoms with van der Waals surface area (Å²) < 4.78 is 5.93. The number of hydrogen-bond acceptors (Lipinski definition) is 4. The topological polar surface area (TPSA) is 75.4 Å². The van der Waals surface area contributed by atoms with Crippen molar-refractivity contribution in [1.82, 2.24) is 10.3 Å². The maximum absolute atomic E-state index is 12.7. The summed E-state index contributed by atoms with van der Waals surface area (Å²) in [6, 6.07) is 9.45. The van der Waals surface area contributed by atoms with Gasteiger partial charge in [0, 0.05) is 11.5 Å². The van der Waals surface area contributed by atoms with Gasteiger partial charge in [0.1, 0.15) is 5.76 Å². The summed E-state index contributed by atoms with van der Waals surface area (Å²) in [5, 5.41) is 13.0. The summed E-state index contributed by atoms with van der Waals surface area (Å²) in [7, 11) is 0. The van der Waals surface area contributed by atoms with Gasteiger partial charge in [0.15, 0.2) is 5.69 Å². The molecule has 1 heterocycles. The molecule has 0 aliphatic heterocycles. The zero-order valence-corrected chi connectivity index (χ0v) is 13.6. The molecule has 0 spiro atoms. The maximum Gasteiger partial charge on any atom is 0.273 e. The number of nitrogens with zero attached hydrogens (tertiary/aromatic N) is 1. The number of nitrogens with one attached hydrogen (secondary N) is 1. The van der Waals surface area contributed by atoms with Crippen LogP contribution in [0.2, 0.25) is 0 Å². The van der Waals surface area contributed by atoms with Crippen LogP contribution in [0.25, 0.3) is 11.5 Å². The Bertz CT molecular complexity index is 721. The van der Waals surface area contributed by atoms with Crippen LogP contribution in [-0.4, -0.2) is 28.1 Å². The second-order valence-corrected chi connectivity index (χ2v) is 6.80. The molecule has 2 aromatic rings. The van der Waals surface area contributed by atoms with Crippen LogP contribution < -0.4 is 5.32 Å². The van der Waals surface area contributed by atoms with E-state index in [1.165, 1.54) is 0 Å². The van der Waals surface area contributed by atoms with Crippen molar-refractivity contribution < 1.29 is 14.3 Å². The molecule has 4 rings (SSSR count). The fraction of sp³-hybridized carbons (Fsp3) is 0.474. The number of aromatic nitrogens is 1. The van der Waals surface area contributed by atoms with Crippen molar-refractivity contribution in [2.24, 2.45) is 0 Å². The number of aliphatic hydroxyl groups excluding tert-OH is 1. The van der Waals surface area contributed by atoms with Crippen molar-refractivity contribution in [1.29, 1.82) is 0 Å². The fourth-order valence-electron chi connectivity index (χ4n) is 3.34. The molecule has 24 heavy (non-hydrogen) atoms. The average Bonchev–Trinajstić information content (AvgIpc) is 3.36. The SMILES string of the molecule is O=C(NC1CCCCC1O)c1nc(-c2ccccc2)oc1C1CC1. The Balaban J connectivity index is 1.59. The number of aliphatic hydroxyl groups is 1. The third-order valence-corrected chi connectivity index (χ3v) is 4.88. The van der Waals surface area contributed by atoms with E-state index in [0.717, 1.165) is 44.1 Å². The van der Waals surface area contributed by atoms with Crippen molar-refractivity contribution >= 4 is 5.91 Å². The number of hydrogen-bond donors (Lipinski definition) is 2. The van der Waals surface area contributed by atoms with E-state index in [4.69, 9.17) is 4.42 Å². The second kappa shape index (κ2) is 6.40. The lowest BCUT2D eigenvalue weighted by molar-refractivity contribution is 0.0712. The zero-order chi connectivity index (χ0) is 16.5. The molecule has 2 fully saturated rings. The first-order valence-electron chi connectivity index (χ1n) is 8.77. The van der Waals surface area contributed by atoms with Crippen LogP contribution in [0.15, 0.2) is 34.7 Å². The lowest BCUT2D eigenvalue weighted by atomic mass is 9.92. The van der Waals surface area contributed by atoms with Gasteiger partial charge in [0.05, 0.1) is 12.1 Å². The molecule has 2 saturated carbocycles. The Hall–Kier alpha value is -2.14. The van der Waals surface area contributed by atoms with Crippen LogP contribution in [0.5, 0.6) is 0 Å². The van der Waals surface area contributed by atoms with E-state index in [0.29, 0.717) is 23.3 Å². The van der Waals surface area contributed by atoms with E-state index < -0.39 is 6.10 Å². The van der Waals surface area contributed by atoms with Gasteiger partial charge in [-0.05, 0) is 37.8 Å². The molecule has 2 N–H and O–H groups in total. The molecule has 5 heteroatoms. The van der Waals surface area contributed by atoms with Crippen LogP contribution in [0.3, 0.4) is 0 Å². The van der Waals surface area contributed by atoms with E-state index in [9.17, 15) is 9.90 Å². The maximum atomic E-state index is 12.7. The highest BCUT2D eigenvalue weighted by atomic mass is 16.4. The minimum atomic E-state index is -0.465.